The van der Waals surface area contributed by atoms with Crippen LogP contribution in [0.15, 0.2) is 30.5 Å². The van der Waals surface area contributed by atoms with Crippen molar-refractivity contribution in [3.05, 3.63) is 41.7 Å². The van der Waals surface area contributed by atoms with Crippen molar-refractivity contribution in [2.45, 2.75) is 0 Å². The number of nitrogens with one attached hydrogen (secondary N) is 3. The molecule has 3 rings (SSSR count). The Balaban J connectivity index is 2.39. The Morgan fingerprint density at radius 2 is 2.00 bits per heavy atom. The van der Waals surface area contributed by atoms with E-state index in [1.54, 1.807) is 6.20 Å². The molecule has 1 amide bonds. The van der Waals surface area contributed by atoms with E-state index >= 15 is 0 Å². The van der Waals surface area contributed by atoms with Gasteiger partial charge in [0.2, 0.25) is 0 Å². The zero-order chi connectivity index (χ0) is 10.3. The van der Waals surface area contributed by atoms with Crippen LogP contribution >= 0.6 is 0 Å². The molecule has 0 atom stereocenters. The highest BCUT2D eigenvalue weighted by atomic mass is 16.2. The topological polar surface area (TPSA) is 56.9 Å². The van der Waals surface area contributed by atoms with E-state index in [0.717, 1.165) is 16.5 Å². The van der Waals surface area contributed by atoms with E-state index in [1.165, 1.54) is 0 Å². The van der Waals surface area contributed by atoms with Crippen LogP contribution in [0.5, 0.6) is 0 Å². The molecule has 15 heavy (non-hydrogen) atoms. The normalized spacial score (nSPS) is 14.3. The quantitative estimate of drug-likeness (QED) is 0.600. The second-order valence-corrected chi connectivity index (χ2v) is 3.39. The molecule has 4 heteroatoms. The third kappa shape index (κ3) is 1.11. The summed E-state index contributed by atoms with van der Waals surface area (Å²) in [7, 11) is 0. The minimum Gasteiger partial charge on any atom is -0.350 e. The van der Waals surface area contributed by atoms with Gasteiger partial charge in [0, 0.05) is 22.7 Å². The van der Waals surface area contributed by atoms with Gasteiger partial charge in [-0.1, -0.05) is 18.2 Å². The van der Waals surface area contributed by atoms with E-state index < -0.39 is 0 Å². The van der Waals surface area contributed by atoms with Gasteiger partial charge >= 0.3 is 0 Å². The lowest BCUT2D eigenvalue weighted by Crippen LogP contribution is -2.32. The molecule has 0 aliphatic carbocycles. The molecule has 1 aromatic heterocycles. The summed E-state index contributed by atoms with van der Waals surface area (Å²) in [6, 6.07) is 7.85. The Morgan fingerprint density at radius 3 is 2.93 bits per heavy atom. The summed E-state index contributed by atoms with van der Waals surface area (Å²) < 4.78 is 0. The number of rotatable bonds is 0. The second kappa shape index (κ2) is 2.88. The van der Waals surface area contributed by atoms with Gasteiger partial charge < -0.3 is 10.4 Å². The number of aromatic nitrogens is 1. The van der Waals surface area contributed by atoms with Crippen LogP contribution in [0, 0.1) is 0 Å². The van der Waals surface area contributed by atoms with Crippen LogP contribution in [0.4, 0.5) is 0 Å². The molecule has 4 nitrogen and oxygen atoms in total. The third-order valence-corrected chi connectivity index (χ3v) is 2.49. The first-order chi connectivity index (χ1) is 7.36. The maximum absolute atomic E-state index is 11.6. The van der Waals surface area contributed by atoms with Crippen LogP contribution in [-0.2, 0) is 0 Å². The van der Waals surface area contributed by atoms with Crippen LogP contribution in [0.2, 0.25) is 0 Å². The van der Waals surface area contributed by atoms with Crippen LogP contribution in [-0.4, -0.2) is 10.9 Å². The number of fused-ring (bicyclic) bond motifs is 3. The lowest BCUT2D eigenvalue weighted by atomic mass is 10.1. The Hall–Kier alpha value is -2.23. The summed E-state index contributed by atoms with van der Waals surface area (Å²) >= 11 is 0. The van der Waals surface area contributed by atoms with Gasteiger partial charge in [-0.25, -0.2) is 0 Å². The predicted molar refractivity (Wildman–Crippen MR) is 57.9 cm³/mol. The lowest BCUT2D eigenvalue weighted by molar-refractivity contribution is 0.0938. The highest BCUT2D eigenvalue weighted by molar-refractivity contribution is 6.05. The van der Waals surface area contributed by atoms with Crippen molar-refractivity contribution in [1.82, 2.24) is 15.8 Å². The van der Waals surface area contributed by atoms with Crippen LogP contribution < -0.4 is 10.9 Å². The fourth-order valence-corrected chi connectivity index (χ4v) is 1.81. The Bertz CT molecular complexity index is 568. The fraction of sp³-hybridized carbons (Fsp3) is 0. The SMILES string of the molecule is O=C1NNC=Cc2c1[nH]c1ccccc21. The molecule has 0 unspecified atom stereocenters. The van der Waals surface area contributed by atoms with Crippen molar-refractivity contribution in [3.8, 4) is 0 Å². The van der Waals surface area contributed by atoms with Crippen LogP contribution in [0.1, 0.15) is 16.1 Å². The molecule has 0 fully saturated rings. The molecular formula is C11H9N3O. The first kappa shape index (κ1) is 8.11. The Kier molecular flexibility index (Phi) is 1.56. The minimum atomic E-state index is -0.147. The van der Waals surface area contributed by atoms with Crippen molar-refractivity contribution in [2.24, 2.45) is 0 Å². The largest absolute Gasteiger partial charge is 0.350 e. The number of H-pyrrole nitrogens is 1. The summed E-state index contributed by atoms with van der Waals surface area (Å²) in [5, 5.41) is 1.06. The fourth-order valence-electron chi connectivity index (χ4n) is 1.81. The smallest absolute Gasteiger partial charge is 0.286 e. The van der Waals surface area contributed by atoms with Gasteiger partial charge in [0.25, 0.3) is 5.91 Å². The molecule has 3 N–H and O–H groups in total. The molecule has 1 aliphatic heterocycles. The molecule has 0 saturated carbocycles. The Morgan fingerprint density at radius 1 is 1.13 bits per heavy atom. The van der Waals surface area contributed by atoms with Gasteiger partial charge in [-0.05, 0) is 12.1 Å². The number of hydrazine groups is 1. The number of amides is 1. The first-order valence-corrected chi connectivity index (χ1v) is 4.69. The van der Waals surface area contributed by atoms with Crippen molar-refractivity contribution in [1.29, 1.82) is 0 Å². The highest BCUT2D eigenvalue weighted by Gasteiger charge is 2.16. The van der Waals surface area contributed by atoms with Crippen LogP contribution in [0.3, 0.4) is 0 Å². The molecular weight excluding hydrogens is 190 g/mol. The van der Waals surface area contributed by atoms with E-state index in [0.29, 0.717) is 5.69 Å². The van der Waals surface area contributed by atoms with Gasteiger partial charge in [0.1, 0.15) is 5.69 Å². The molecule has 1 aliphatic rings. The van der Waals surface area contributed by atoms with E-state index in [9.17, 15) is 4.79 Å². The first-order valence-electron chi connectivity index (χ1n) is 4.69. The summed E-state index contributed by atoms with van der Waals surface area (Å²) in [6.45, 7) is 0. The van der Waals surface area contributed by atoms with Crippen molar-refractivity contribution < 1.29 is 4.79 Å². The molecule has 2 heterocycles. The molecule has 74 valence electrons. The number of benzene rings is 1. The molecule has 0 radical (unpaired) electrons. The van der Waals surface area contributed by atoms with Gasteiger partial charge in [-0.3, -0.25) is 10.2 Å². The van der Waals surface area contributed by atoms with Crippen molar-refractivity contribution >= 4 is 22.9 Å². The molecule has 2 aromatic rings. The monoisotopic (exact) mass is 199 g/mol. The molecule has 1 aromatic carbocycles. The summed E-state index contributed by atoms with van der Waals surface area (Å²) in [5.41, 5.74) is 7.74. The van der Waals surface area contributed by atoms with Gasteiger partial charge in [-0.2, -0.15) is 0 Å². The number of hydrogen-bond donors (Lipinski definition) is 3. The average Bonchev–Trinajstić information content (AvgIpc) is 2.54. The molecule has 0 spiro atoms. The van der Waals surface area contributed by atoms with E-state index in [4.69, 9.17) is 0 Å². The zero-order valence-corrected chi connectivity index (χ0v) is 7.87. The second-order valence-electron chi connectivity index (χ2n) is 3.39. The average molecular weight is 199 g/mol. The molecule has 0 saturated heterocycles. The van der Waals surface area contributed by atoms with Crippen LogP contribution in [0.25, 0.3) is 17.0 Å². The maximum atomic E-state index is 11.6. The Labute approximate surface area is 86.0 Å². The van der Waals surface area contributed by atoms with Gasteiger partial charge in [-0.15, -0.1) is 0 Å². The summed E-state index contributed by atoms with van der Waals surface area (Å²) in [6.07, 6.45) is 3.59. The standard InChI is InChI=1S/C11H9N3O/c15-11-10-8(5-6-12-14-11)7-3-1-2-4-9(7)13-10/h1-6,12-13H,(H,14,15). The summed E-state index contributed by atoms with van der Waals surface area (Å²) in [5.74, 6) is -0.147. The number of carbonyl (C=O) groups excluding carboxylic acids is 1. The number of aromatic amines is 1. The highest BCUT2D eigenvalue weighted by Crippen LogP contribution is 2.24. The number of hydrogen-bond acceptors (Lipinski definition) is 2. The van der Waals surface area contributed by atoms with E-state index in [2.05, 4.69) is 15.8 Å². The number of para-hydroxylation sites is 1. The van der Waals surface area contributed by atoms with Gasteiger partial charge in [0.05, 0.1) is 0 Å². The van der Waals surface area contributed by atoms with Gasteiger partial charge in [0.15, 0.2) is 0 Å². The summed E-state index contributed by atoms with van der Waals surface area (Å²) in [4.78, 5) is 14.7. The minimum absolute atomic E-state index is 0.147. The zero-order valence-electron chi connectivity index (χ0n) is 7.87. The van der Waals surface area contributed by atoms with Crippen molar-refractivity contribution in [3.63, 3.8) is 0 Å². The predicted octanol–water partition coefficient (Wildman–Crippen LogP) is 1.39. The van der Waals surface area contributed by atoms with E-state index in [-0.39, 0.29) is 5.91 Å². The molecule has 0 bridgehead atoms. The maximum Gasteiger partial charge on any atom is 0.286 e. The number of carbonyl (C=O) groups is 1. The third-order valence-electron chi connectivity index (χ3n) is 2.49. The van der Waals surface area contributed by atoms with Crippen molar-refractivity contribution in [2.75, 3.05) is 0 Å². The van der Waals surface area contributed by atoms with E-state index in [1.807, 2.05) is 30.3 Å². The lowest BCUT2D eigenvalue weighted by Gasteiger charge is -1.98.